The van der Waals surface area contributed by atoms with E-state index in [9.17, 15) is 4.79 Å². The topological polar surface area (TPSA) is 51.6 Å². The molecule has 0 radical (unpaired) electrons. The fraction of sp³-hybridized carbons (Fsp3) is 0.211. The number of ether oxygens (including phenoxy) is 1. The van der Waals surface area contributed by atoms with Crippen LogP contribution in [0.4, 0.5) is 0 Å². The number of hydrogen-bond acceptors (Lipinski definition) is 4. The number of pyridine rings is 1. The quantitative estimate of drug-likeness (QED) is 0.602. The van der Waals surface area contributed by atoms with Crippen LogP contribution in [-0.2, 0) is 14.9 Å². The van der Waals surface area contributed by atoms with Crippen LogP contribution >= 0.6 is 11.6 Å². The maximum atomic E-state index is 12.0. The van der Waals surface area contributed by atoms with E-state index in [1.54, 1.807) is 24.4 Å². The summed E-state index contributed by atoms with van der Waals surface area (Å²) in [6.07, 6.45) is 3.24. The number of benzene rings is 1. The predicted octanol–water partition coefficient (Wildman–Crippen LogP) is 4.38. The first-order chi connectivity index (χ1) is 11.3. The van der Waals surface area contributed by atoms with Crippen LogP contribution in [0.1, 0.15) is 37.6 Å². The van der Waals surface area contributed by atoms with Crippen molar-refractivity contribution in [2.45, 2.75) is 26.2 Å². The molecule has 0 aliphatic carbocycles. The Hall–Kier alpha value is -2.46. The van der Waals surface area contributed by atoms with E-state index < -0.39 is 5.97 Å². The molecule has 2 aromatic rings. The number of aliphatic imine (C=N–C) groups is 1. The molecule has 3 rings (SSSR count). The largest absolute Gasteiger partial charge is 0.400 e. The SMILES string of the molecule is CC(C)(C)c1ccc(/C=C2\N=C(c3cc(Cl)ccn3)OC2=O)cc1. The highest BCUT2D eigenvalue weighted by atomic mass is 35.5. The minimum Gasteiger partial charge on any atom is -0.400 e. The molecule has 0 atom stereocenters. The van der Waals surface area contributed by atoms with Crippen molar-refractivity contribution in [1.29, 1.82) is 0 Å². The molecule has 2 heterocycles. The van der Waals surface area contributed by atoms with Crippen LogP contribution in [0.25, 0.3) is 6.08 Å². The first-order valence-electron chi connectivity index (χ1n) is 7.58. The minimum atomic E-state index is -0.494. The van der Waals surface area contributed by atoms with Gasteiger partial charge in [-0.25, -0.2) is 9.79 Å². The zero-order valence-corrected chi connectivity index (χ0v) is 14.5. The molecule has 1 aliphatic rings. The van der Waals surface area contributed by atoms with E-state index in [4.69, 9.17) is 16.3 Å². The summed E-state index contributed by atoms with van der Waals surface area (Å²) >= 11 is 5.93. The van der Waals surface area contributed by atoms with Crippen LogP contribution in [-0.4, -0.2) is 16.9 Å². The van der Waals surface area contributed by atoms with Gasteiger partial charge in [-0.05, 0) is 34.8 Å². The van der Waals surface area contributed by atoms with E-state index in [-0.39, 0.29) is 17.0 Å². The average Bonchev–Trinajstić information content (AvgIpc) is 2.88. The third-order valence-corrected chi connectivity index (χ3v) is 3.88. The number of carbonyl (C=O) groups is 1. The Morgan fingerprint density at radius 2 is 1.83 bits per heavy atom. The van der Waals surface area contributed by atoms with Crippen LogP contribution in [0.3, 0.4) is 0 Å². The first kappa shape index (κ1) is 16.4. The molecule has 24 heavy (non-hydrogen) atoms. The lowest BCUT2D eigenvalue weighted by Crippen LogP contribution is -2.10. The number of halogens is 1. The van der Waals surface area contributed by atoms with Crippen molar-refractivity contribution < 1.29 is 9.53 Å². The zero-order chi connectivity index (χ0) is 17.3. The van der Waals surface area contributed by atoms with Gasteiger partial charge in [0.15, 0.2) is 5.70 Å². The molecular formula is C19H17ClN2O2. The number of esters is 1. The van der Waals surface area contributed by atoms with Crippen LogP contribution in [0.15, 0.2) is 53.3 Å². The second-order valence-electron chi connectivity index (χ2n) is 6.57. The maximum Gasteiger partial charge on any atom is 0.363 e. The molecule has 0 saturated heterocycles. The lowest BCUT2D eigenvalue weighted by molar-refractivity contribution is -0.129. The van der Waals surface area contributed by atoms with E-state index in [2.05, 4.69) is 42.9 Å². The van der Waals surface area contributed by atoms with Crippen LogP contribution in [0, 0.1) is 0 Å². The number of hydrogen-bond donors (Lipinski definition) is 0. The summed E-state index contributed by atoms with van der Waals surface area (Å²) in [6.45, 7) is 6.47. The summed E-state index contributed by atoms with van der Waals surface area (Å²) in [6, 6.07) is 11.3. The molecule has 0 amide bonds. The van der Waals surface area contributed by atoms with E-state index in [1.165, 1.54) is 5.56 Å². The molecular weight excluding hydrogens is 324 g/mol. The predicted molar refractivity (Wildman–Crippen MR) is 95.0 cm³/mol. The normalized spacial score (nSPS) is 16.2. The summed E-state index contributed by atoms with van der Waals surface area (Å²) in [5, 5.41) is 0.508. The lowest BCUT2D eigenvalue weighted by atomic mass is 9.87. The summed E-state index contributed by atoms with van der Waals surface area (Å²) in [7, 11) is 0. The van der Waals surface area contributed by atoms with Gasteiger partial charge in [-0.1, -0.05) is 56.6 Å². The Morgan fingerprint density at radius 3 is 2.46 bits per heavy atom. The second kappa shape index (κ2) is 6.21. The molecule has 0 fully saturated rings. The van der Waals surface area contributed by atoms with Gasteiger partial charge in [-0.3, -0.25) is 4.98 Å². The fourth-order valence-corrected chi connectivity index (χ4v) is 2.44. The van der Waals surface area contributed by atoms with Crippen molar-refractivity contribution in [2.75, 3.05) is 0 Å². The van der Waals surface area contributed by atoms with E-state index >= 15 is 0 Å². The van der Waals surface area contributed by atoms with Crippen LogP contribution < -0.4 is 0 Å². The molecule has 0 spiro atoms. The summed E-state index contributed by atoms with van der Waals surface area (Å²) in [5.74, 6) is -0.327. The Morgan fingerprint density at radius 1 is 1.12 bits per heavy atom. The molecule has 4 nitrogen and oxygen atoms in total. The molecule has 0 unspecified atom stereocenters. The minimum absolute atomic E-state index is 0.0849. The van der Waals surface area contributed by atoms with Gasteiger partial charge >= 0.3 is 5.97 Å². The Labute approximate surface area is 145 Å². The van der Waals surface area contributed by atoms with Crippen molar-refractivity contribution in [2.24, 2.45) is 4.99 Å². The van der Waals surface area contributed by atoms with Gasteiger partial charge in [0.2, 0.25) is 5.90 Å². The van der Waals surface area contributed by atoms with Gasteiger partial charge in [0.25, 0.3) is 0 Å². The highest BCUT2D eigenvalue weighted by molar-refractivity contribution is 6.31. The number of carbonyl (C=O) groups excluding carboxylic acids is 1. The highest BCUT2D eigenvalue weighted by Crippen LogP contribution is 2.24. The first-order valence-corrected chi connectivity index (χ1v) is 7.96. The van der Waals surface area contributed by atoms with Gasteiger partial charge in [0, 0.05) is 11.2 Å². The maximum absolute atomic E-state index is 12.0. The van der Waals surface area contributed by atoms with Crippen molar-refractivity contribution in [3.05, 3.63) is 70.1 Å². The van der Waals surface area contributed by atoms with E-state index in [0.29, 0.717) is 10.7 Å². The Kier molecular flexibility index (Phi) is 4.24. The Bertz CT molecular complexity index is 846. The van der Waals surface area contributed by atoms with Crippen LogP contribution in [0.5, 0.6) is 0 Å². The molecule has 1 aromatic carbocycles. The third-order valence-electron chi connectivity index (χ3n) is 3.64. The summed E-state index contributed by atoms with van der Waals surface area (Å²) in [5.41, 5.74) is 2.88. The molecule has 0 saturated carbocycles. The van der Waals surface area contributed by atoms with E-state index in [1.807, 2.05) is 12.1 Å². The van der Waals surface area contributed by atoms with Crippen LogP contribution in [0.2, 0.25) is 5.02 Å². The fourth-order valence-electron chi connectivity index (χ4n) is 2.28. The van der Waals surface area contributed by atoms with E-state index in [0.717, 1.165) is 5.56 Å². The summed E-state index contributed by atoms with van der Waals surface area (Å²) in [4.78, 5) is 20.4. The van der Waals surface area contributed by atoms with Gasteiger partial charge in [-0.2, -0.15) is 0 Å². The number of nitrogens with zero attached hydrogens (tertiary/aromatic N) is 2. The van der Waals surface area contributed by atoms with Gasteiger partial charge in [0.1, 0.15) is 5.69 Å². The standard InChI is InChI=1S/C19H17ClN2O2/c1-19(2,3)13-6-4-12(5-7-13)10-16-18(23)24-17(22-16)15-11-14(20)8-9-21-15/h4-11H,1-3H3/b16-10-. The highest BCUT2D eigenvalue weighted by Gasteiger charge is 2.25. The molecule has 5 heteroatoms. The number of cyclic esters (lactones) is 1. The van der Waals surface area contributed by atoms with Gasteiger partial charge in [0.05, 0.1) is 0 Å². The molecule has 1 aromatic heterocycles. The van der Waals surface area contributed by atoms with Crippen molar-refractivity contribution in [3.63, 3.8) is 0 Å². The summed E-state index contributed by atoms with van der Waals surface area (Å²) < 4.78 is 5.19. The van der Waals surface area contributed by atoms with Crippen molar-refractivity contribution in [3.8, 4) is 0 Å². The molecule has 0 N–H and O–H groups in total. The number of rotatable bonds is 2. The second-order valence-corrected chi connectivity index (χ2v) is 7.00. The monoisotopic (exact) mass is 340 g/mol. The van der Waals surface area contributed by atoms with Crippen molar-refractivity contribution >= 4 is 29.5 Å². The average molecular weight is 341 g/mol. The van der Waals surface area contributed by atoms with Gasteiger partial charge < -0.3 is 4.74 Å². The van der Waals surface area contributed by atoms with Gasteiger partial charge in [-0.15, -0.1) is 0 Å². The molecule has 0 bridgehead atoms. The van der Waals surface area contributed by atoms with Crippen molar-refractivity contribution in [1.82, 2.24) is 4.98 Å². The lowest BCUT2D eigenvalue weighted by Gasteiger charge is -2.18. The molecule has 1 aliphatic heterocycles. The third kappa shape index (κ3) is 3.54. The smallest absolute Gasteiger partial charge is 0.363 e. The number of aromatic nitrogens is 1. The zero-order valence-electron chi connectivity index (χ0n) is 13.7. The molecule has 122 valence electrons. The Balaban J connectivity index is 1.88.